The molecule has 3 rings (SSSR count). The number of hydrogen-bond donors (Lipinski definition) is 2. The Kier molecular flexibility index (Phi) is 8.89. The fourth-order valence-electron chi connectivity index (χ4n) is 3.76. The second-order valence-electron chi connectivity index (χ2n) is 7.17. The molecule has 27 heavy (non-hydrogen) atoms. The number of benzene rings is 1. The van der Waals surface area contributed by atoms with Gasteiger partial charge in [-0.05, 0) is 57.8 Å². The molecule has 0 radical (unpaired) electrons. The maximum absolute atomic E-state index is 5.96. The number of para-hydroxylation sites is 1. The molecule has 0 unspecified atom stereocenters. The van der Waals surface area contributed by atoms with Crippen molar-refractivity contribution in [2.75, 3.05) is 33.2 Å². The van der Waals surface area contributed by atoms with Crippen molar-refractivity contribution in [2.24, 2.45) is 10.9 Å². The normalized spacial score (nSPS) is 16.3. The molecule has 1 aromatic carbocycles. The Labute approximate surface area is 180 Å². The second kappa shape index (κ2) is 10.9. The summed E-state index contributed by atoms with van der Waals surface area (Å²) in [7, 11) is 1.82. The van der Waals surface area contributed by atoms with Gasteiger partial charge in [-0.25, -0.2) is 0 Å². The molecule has 1 aliphatic rings. The zero-order valence-corrected chi connectivity index (χ0v) is 19.1. The summed E-state index contributed by atoms with van der Waals surface area (Å²) in [5, 5.41) is 8.01. The average molecular weight is 484 g/mol. The number of halogens is 1. The summed E-state index contributed by atoms with van der Waals surface area (Å²) in [6, 6.07) is 8.18. The number of guanidine groups is 1. The van der Waals surface area contributed by atoms with Gasteiger partial charge in [-0.2, -0.15) is 0 Å². The fraction of sp³-hybridized carbons (Fsp3) is 0.571. The molecule has 0 bridgehead atoms. The first-order valence-corrected chi connectivity index (χ1v) is 9.85. The van der Waals surface area contributed by atoms with E-state index in [1.54, 1.807) is 0 Å². The molecule has 6 heteroatoms. The summed E-state index contributed by atoms with van der Waals surface area (Å²) in [5.74, 6) is 2.65. The van der Waals surface area contributed by atoms with Gasteiger partial charge < -0.3 is 20.0 Å². The molecular formula is C21H33IN4O. The van der Waals surface area contributed by atoms with Crippen molar-refractivity contribution in [1.82, 2.24) is 15.5 Å². The van der Waals surface area contributed by atoms with Crippen LogP contribution in [0, 0.1) is 12.8 Å². The first-order chi connectivity index (χ1) is 12.7. The van der Waals surface area contributed by atoms with E-state index in [2.05, 4.69) is 40.4 Å². The number of furan rings is 1. The third-order valence-electron chi connectivity index (χ3n) is 5.58. The molecular weight excluding hydrogens is 451 g/mol. The summed E-state index contributed by atoms with van der Waals surface area (Å²) in [6.45, 7) is 9.66. The minimum atomic E-state index is 0. The Bertz CT molecular complexity index is 735. The topological polar surface area (TPSA) is 52.8 Å². The van der Waals surface area contributed by atoms with E-state index in [0.717, 1.165) is 29.8 Å². The molecule has 5 nitrogen and oxygen atoms in total. The molecule has 1 fully saturated rings. The van der Waals surface area contributed by atoms with Gasteiger partial charge in [0.25, 0.3) is 0 Å². The molecule has 2 N–H and O–H groups in total. The maximum Gasteiger partial charge on any atom is 0.191 e. The van der Waals surface area contributed by atoms with E-state index in [1.165, 1.54) is 49.8 Å². The van der Waals surface area contributed by atoms with Crippen LogP contribution in [0.3, 0.4) is 0 Å². The largest absolute Gasteiger partial charge is 0.459 e. The van der Waals surface area contributed by atoms with Crippen molar-refractivity contribution in [3.8, 4) is 0 Å². The zero-order valence-electron chi connectivity index (χ0n) is 16.8. The van der Waals surface area contributed by atoms with Crippen LogP contribution in [-0.2, 0) is 6.54 Å². The molecule has 1 aliphatic heterocycles. The maximum atomic E-state index is 5.96. The number of nitrogens with zero attached hydrogens (tertiary/aromatic N) is 2. The molecule has 150 valence electrons. The molecule has 2 aromatic rings. The summed E-state index contributed by atoms with van der Waals surface area (Å²) in [5.41, 5.74) is 2.15. The van der Waals surface area contributed by atoms with Crippen molar-refractivity contribution in [1.29, 1.82) is 0 Å². The van der Waals surface area contributed by atoms with Crippen LogP contribution < -0.4 is 10.6 Å². The van der Waals surface area contributed by atoms with Gasteiger partial charge in [0.15, 0.2) is 5.96 Å². The van der Waals surface area contributed by atoms with Gasteiger partial charge in [-0.3, -0.25) is 4.99 Å². The molecule has 1 saturated heterocycles. The van der Waals surface area contributed by atoms with Crippen molar-refractivity contribution >= 4 is 40.9 Å². The van der Waals surface area contributed by atoms with Crippen LogP contribution in [0.5, 0.6) is 0 Å². The second-order valence-corrected chi connectivity index (χ2v) is 7.17. The van der Waals surface area contributed by atoms with Crippen molar-refractivity contribution < 1.29 is 4.42 Å². The Morgan fingerprint density at radius 1 is 1.22 bits per heavy atom. The van der Waals surface area contributed by atoms with Gasteiger partial charge in [0.2, 0.25) is 0 Å². The van der Waals surface area contributed by atoms with Gasteiger partial charge in [0.1, 0.15) is 11.3 Å². The van der Waals surface area contributed by atoms with Crippen LogP contribution in [0.1, 0.15) is 37.5 Å². The Hall–Kier alpha value is -1.28. The number of rotatable bonds is 6. The van der Waals surface area contributed by atoms with Crippen LogP contribution in [0.15, 0.2) is 33.7 Å². The predicted octanol–water partition coefficient (Wildman–Crippen LogP) is 4.15. The standard InChI is InChI=1S/C21H32N4O.HI/c1-4-25-13-10-17(11-14-25)9-12-23-21(22-3)24-15-20-16(2)18-7-5-6-8-19(18)26-20;/h5-8,17H,4,9-15H2,1-3H3,(H2,22,23,24);1H. The van der Waals surface area contributed by atoms with Crippen LogP contribution in [0.4, 0.5) is 0 Å². The van der Waals surface area contributed by atoms with Gasteiger partial charge >= 0.3 is 0 Å². The van der Waals surface area contributed by atoms with Crippen molar-refractivity contribution in [3.63, 3.8) is 0 Å². The number of likely N-dealkylation sites (tertiary alicyclic amines) is 1. The first-order valence-electron chi connectivity index (χ1n) is 9.85. The number of hydrogen-bond acceptors (Lipinski definition) is 3. The lowest BCUT2D eigenvalue weighted by Crippen LogP contribution is -2.39. The van der Waals surface area contributed by atoms with Gasteiger partial charge in [0, 0.05) is 24.5 Å². The lowest BCUT2D eigenvalue weighted by Gasteiger charge is -2.31. The molecule has 0 atom stereocenters. The van der Waals surface area contributed by atoms with Crippen molar-refractivity contribution in [2.45, 2.75) is 39.7 Å². The molecule has 2 heterocycles. The number of nitrogens with one attached hydrogen (secondary N) is 2. The number of fused-ring (bicyclic) bond motifs is 1. The molecule has 0 saturated carbocycles. The quantitative estimate of drug-likeness (QED) is 0.368. The zero-order chi connectivity index (χ0) is 18.4. The average Bonchev–Trinajstić information content (AvgIpc) is 3.01. The minimum Gasteiger partial charge on any atom is -0.459 e. The van der Waals surface area contributed by atoms with Crippen LogP contribution >= 0.6 is 24.0 Å². The summed E-state index contributed by atoms with van der Waals surface area (Å²) < 4.78 is 5.96. The van der Waals surface area contributed by atoms with Gasteiger partial charge in [-0.1, -0.05) is 25.1 Å². The predicted molar refractivity (Wildman–Crippen MR) is 124 cm³/mol. The van der Waals surface area contributed by atoms with Gasteiger partial charge in [0.05, 0.1) is 6.54 Å². The highest BCUT2D eigenvalue weighted by Crippen LogP contribution is 2.24. The van der Waals surface area contributed by atoms with E-state index in [4.69, 9.17) is 4.42 Å². The third-order valence-corrected chi connectivity index (χ3v) is 5.58. The molecule has 0 aliphatic carbocycles. The van der Waals surface area contributed by atoms with E-state index >= 15 is 0 Å². The van der Waals surface area contributed by atoms with E-state index < -0.39 is 0 Å². The number of aliphatic imine (C=N–C) groups is 1. The summed E-state index contributed by atoms with van der Waals surface area (Å²) in [4.78, 5) is 6.88. The first kappa shape index (κ1) is 22.0. The van der Waals surface area contributed by atoms with Crippen LogP contribution in [-0.4, -0.2) is 44.1 Å². The highest BCUT2D eigenvalue weighted by atomic mass is 127. The van der Waals surface area contributed by atoms with E-state index in [1.807, 2.05) is 25.2 Å². The summed E-state index contributed by atoms with van der Waals surface area (Å²) in [6.07, 6.45) is 3.85. The van der Waals surface area contributed by atoms with Crippen LogP contribution in [0.2, 0.25) is 0 Å². The molecule has 0 spiro atoms. The number of piperidine rings is 1. The minimum absolute atomic E-state index is 0. The van der Waals surface area contributed by atoms with Gasteiger partial charge in [-0.15, -0.1) is 24.0 Å². The third kappa shape index (κ3) is 5.85. The Morgan fingerprint density at radius 3 is 2.63 bits per heavy atom. The SMILES string of the molecule is CCN1CCC(CCNC(=NC)NCc2oc3ccccc3c2C)CC1.I. The highest BCUT2D eigenvalue weighted by molar-refractivity contribution is 14.0. The van der Waals surface area contributed by atoms with E-state index in [9.17, 15) is 0 Å². The monoisotopic (exact) mass is 484 g/mol. The Balaban J connectivity index is 0.00000261. The van der Waals surface area contributed by atoms with Crippen LogP contribution in [0.25, 0.3) is 11.0 Å². The Morgan fingerprint density at radius 2 is 1.96 bits per heavy atom. The number of aryl methyl sites for hydroxylation is 1. The highest BCUT2D eigenvalue weighted by Gasteiger charge is 2.17. The fourth-order valence-corrected chi connectivity index (χ4v) is 3.76. The van der Waals surface area contributed by atoms with E-state index in [-0.39, 0.29) is 24.0 Å². The molecule has 0 amide bonds. The lowest BCUT2D eigenvalue weighted by atomic mass is 9.93. The smallest absolute Gasteiger partial charge is 0.191 e. The van der Waals surface area contributed by atoms with E-state index in [0.29, 0.717) is 6.54 Å². The molecule has 1 aromatic heterocycles. The van der Waals surface area contributed by atoms with Crippen molar-refractivity contribution in [3.05, 3.63) is 35.6 Å². The lowest BCUT2D eigenvalue weighted by molar-refractivity contribution is 0.187. The summed E-state index contributed by atoms with van der Waals surface area (Å²) >= 11 is 0.